The largest absolute Gasteiger partial charge is 0.368 e. The minimum atomic E-state index is 0.456. The summed E-state index contributed by atoms with van der Waals surface area (Å²) in [7, 11) is 0. The fourth-order valence-electron chi connectivity index (χ4n) is 1.51. The number of aryl methyl sites for hydroxylation is 1. The van der Waals surface area contributed by atoms with E-state index in [2.05, 4.69) is 55.8 Å². The molecule has 0 saturated carbocycles. The van der Waals surface area contributed by atoms with Crippen LogP contribution in [-0.2, 0) is 6.54 Å². The Hall–Kier alpha value is -0.990. The first-order chi connectivity index (χ1) is 7.04. The first kappa shape index (κ1) is 12.1. The molecule has 0 bridgehead atoms. The van der Waals surface area contributed by atoms with E-state index >= 15 is 0 Å². The number of rotatable bonds is 5. The molecular formula is C12H23N3. The summed E-state index contributed by atoms with van der Waals surface area (Å²) >= 11 is 0. The van der Waals surface area contributed by atoms with Crippen LogP contribution in [0, 0.1) is 0 Å². The number of nitrogens with one attached hydrogen (secondary N) is 1. The van der Waals surface area contributed by atoms with E-state index in [0.717, 1.165) is 18.8 Å². The number of hydrogen-bond donors (Lipinski definition) is 1. The number of aromatic nitrogens is 2. The Balaban J connectivity index is 2.89. The summed E-state index contributed by atoms with van der Waals surface area (Å²) in [6.45, 7) is 11.8. The van der Waals surface area contributed by atoms with Gasteiger partial charge in [-0.25, -0.2) is 4.68 Å². The van der Waals surface area contributed by atoms with E-state index in [4.69, 9.17) is 0 Å². The zero-order chi connectivity index (χ0) is 11.4. The van der Waals surface area contributed by atoms with Crippen molar-refractivity contribution in [2.75, 3.05) is 5.32 Å². The lowest BCUT2D eigenvalue weighted by atomic mass is 10.1. The predicted octanol–water partition coefficient (Wildman–Crippen LogP) is 3.24. The maximum absolute atomic E-state index is 4.61. The van der Waals surface area contributed by atoms with Gasteiger partial charge in [-0.3, -0.25) is 0 Å². The van der Waals surface area contributed by atoms with Crippen LogP contribution in [0.5, 0.6) is 0 Å². The van der Waals surface area contributed by atoms with Crippen LogP contribution < -0.4 is 5.32 Å². The Morgan fingerprint density at radius 1 is 1.33 bits per heavy atom. The van der Waals surface area contributed by atoms with Crippen molar-refractivity contribution in [1.29, 1.82) is 0 Å². The summed E-state index contributed by atoms with van der Waals surface area (Å²) in [5, 5.41) is 8.04. The zero-order valence-electron chi connectivity index (χ0n) is 10.5. The van der Waals surface area contributed by atoms with Crippen molar-refractivity contribution >= 4 is 5.82 Å². The first-order valence-electron chi connectivity index (χ1n) is 5.88. The monoisotopic (exact) mass is 209 g/mol. The van der Waals surface area contributed by atoms with Gasteiger partial charge in [-0.2, -0.15) is 5.10 Å². The number of anilines is 1. The van der Waals surface area contributed by atoms with E-state index in [1.54, 1.807) is 0 Å². The van der Waals surface area contributed by atoms with Crippen molar-refractivity contribution in [2.24, 2.45) is 0 Å². The summed E-state index contributed by atoms with van der Waals surface area (Å²) in [5.41, 5.74) is 1.17. The lowest BCUT2D eigenvalue weighted by molar-refractivity contribution is 0.589. The fraction of sp³-hybridized carbons (Fsp3) is 0.750. The average molecular weight is 209 g/mol. The SMILES string of the molecule is CCCn1nc(C(C)C)cc1NC(C)C. The predicted molar refractivity (Wildman–Crippen MR) is 65.4 cm³/mol. The molecule has 1 rings (SSSR count). The van der Waals surface area contributed by atoms with Crippen LogP contribution in [0.25, 0.3) is 0 Å². The van der Waals surface area contributed by atoms with Gasteiger partial charge in [0.25, 0.3) is 0 Å². The lowest BCUT2D eigenvalue weighted by Gasteiger charge is -2.11. The highest BCUT2D eigenvalue weighted by atomic mass is 15.3. The van der Waals surface area contributed by atoms with Crippen LogP contribution in [-0.4, -0.2) is 15.8 Å². The topological polar surface area (TPSA) is 29.9 Å². The first-order valence-corrected chi connectivity index (χ1v) is 5.88. The van der Waals surface area contributed by atoms with Crippen molar-refractivity contribution in [2.45, 2.75) is 59.5 Å². The maximum Gasteiger partial charge on any atom is 0.124 e. The summed E-state index contributed by atoms with van der Waals surface area (Å²) in [4.78, 5) is 0. The molecule has 3 nitrogen and oxygen atoms in total. The van der Waals surface area contributed by atoms with Crippen LogP contribution in [0.4, 0.5) is 5.82 Å². The molecule has 0 aliphatic carbocycles. The molecular weight excluding hydrogens is 186 g/mol. The third-order valence-corrected chi connectivity index (χ3v) is 2.26. The van der Waals surface area contributed by atoms with Crippen LogP contribution in [0.2, 0.25) is 0 Å². The highest BCUT2D eigenvalue weighted by Crippen LogP contribution is 2.19. The van der Waals surface area contributed by atoms with E-state index in [1.807, 2.05) is 0 Å². The van der Waals surface area contributed by atoms with Gasteiger partial charge in [-0.15, -0.1) is 0 Å². The van der Waals surface area contributed by atoms with E-state index in [1.165, 1.54) is 5.69 Å². The second-order valence-corrected chi connectivity index (χ2v) is 4.63. The van der Waals surface area contributed by atoms with Gasteiger partial charge in [0, 0.05) is 18.7 Å². The number of hydrogen-bond acceptors (Lipinski definition) is 2. The second kappa shape index (κ2) is 5.19. The van der Waals surface area contributed by atoms with Crippen molar-refractivity contribution in [3.05, 3.63) is 11.8 Å². The Labute approximate surface area is 92.9 Å². The molecule has 1 heterocycles. The smallest absolute Gasteiger partial charge is 0.124 e. The van der Waals surface area contributed by atoms with Gasteiger partial charge in [0.1, 0.15) is 5.82 Å². The molecule has 1 aromatic rings. The minimum absolute atomic E-state index is 0.456. The van der Waals surface area contributed by atoms with Crippen molar-refractivity contribution in [3.63, 3.8) is 0 Å². The van der Waals surface area contributed by atoms with Crippen LogP contribution in [0.15, 0.2) is 6.07 Å². The van der Waals surface area contributed by atoms with Crippen molar-refractivity contribution in [1.82, 2.24) is 9.78 Å². The summed E-state index contributed by atoms with van der Waals surface area (Å²) < 4.78 is 2.08. The molecule has 0 aliphatic rings. The molecule has 86 valence electrons. The quantitative estimate of drug-likeness (QED) is 0.806. The summed E-state index contributed by atoms with van der Waals surface area (Å²) in [5.74, 6) is 1.64. The Kier molecular flexibility index (Phi) is 4.18. The van der Waals surface area contributed by atoms with Gasteiger partial charge in [0.05, 0.1) is 5.69 Å². The fourth-order valence-corrected chi connectivity index (χ4v) is 1.51. The van der Waals surface area contributed by atoms with Gasteiger partial charge in [-0.1, -0.05) is 20.8 Å². The average Bonchev–Trinajstić information content (AvgIpc) is 2.48. The third-order valence-electron chi connectivity index (χ3n) is 2.26. The minimum Gasteiger partial charge on any atom is -0.368 e. The van der Waals surface area contributed by atoms with Gasteiger partial charge in [0.2, 0.25) is 0 Å². The molecule has 15 heavy (non-hydrogen) atoms. The highest BCUT2D eigenvalue weighted by molar-refractivity contribution is 5.38. The van der Waals surface area contributed by atoms with Crippen LogP contribution in [0.3, 0.4) is 0 Å². The molecule has 1 N–H and O–H groups in total. The molecule has 0 aromatic carbocycles. The van der Waals surface area contributed by atoms with Crippen molar-refractivity contribution < 1.29 is 0 Å². The van der Waals surface area contributed by atoms with E-state index in [-0.39, 0.29) is 0 Å². The van der Waals surface area contributed by atoms with Gasteiger partial charge in [-0.05, 0) is 26.2 Å². The Morgan fingerprint density at radius 2 is 2.00 bits per heavy atom. The normalized spacial score (nSPS) is 11.4. The molecule has 0 amide bonds. The van der Waals surface area contributed by atoms with Gasteiger partial charge >= 0.3 is 0 Å². The van der Waals surface area contributed by atoms with E-state index in [0.29, 0.717) is 12.0 Å². The number of nitrogens with zero attached hydrogens (tertiary/aromatic N) is 2. The maximum atomic E-state index is 4.61. The van der Waals surface area contributed by atoms with Crippen LogP contribution >= 0.6 is 0 Å². The summed E-state index contributed by atoms with van der Waals surface area (Å²) in [6.07, 6.45) is 1.12. The highest BCUT2D eigenvalue weighted by Gasteiger charge is 2.10. The molecule has 0 fully saturated rings. The second-order valence-electron chi connectivity index (χ2n) is 4.63. The standard InChI is InChI=1S/C12H23N3/c1-6-7-15-12(13-10(4)5)8-11(14-15)9(2)3/h8-10,13H,6-7H2,1-5H3. The van der Waals surface area contributed by atoms with Crippen molar-refractivity contribution in [3.8, 4) is 0 Å². The Morgan fingerprint density at radius 3 is 2.47 bits per heavy atom. The zero-order valence-corrected chi connectivity index (χ0v) is 10.5. The van der Waals surface area contributed by atoms with Gasteiger partial charge < -0.3 is 5.32 Å². The Bertz CT molecular complexity index is 300. The van der Waals surface area contributed by atoms with E-state index in [9.17, 15) is 0 Å². The molecule has 0 saturated heterocycles. The molecule has 0 spiro atoms. The van der Waals surface area contributed by atoms with E-state index < -0.39 is 0 Å². The molecule has 0 aliphatic heterocycles. The molecule has 3 heteroatoms. The molecule has 1 aromatic heterocycles. The third kappa shape index (κ3) is 3.26. The van der Waals surface area contributed by atoms with Crippen LogP contribution in [0.1, 0.15) is 52.7 Å². The molecule has 0 unspecified atom stereocenters. The molecule has 0 radical (unpaired) electrons. The lowest BCUT2D eigenvalue weighted by Crippen LogP contribution is -2.14. The summed E-state index contributed by atoms with van der Waals surface area (Å²) in [6, 6.07) is 2.62. The van der Waals surface area contributed by atoms with Gasteiger partial charge in [0.15, 0.2) is 0 Å². The molecule has 0 atom stereocenters.